The average molecular weight is 302 g/mol. The molecule has 0 radical (unpaired) electrons. The van der Waals surface area contributed by atoms with E-state index in [4.69, 9.17) is 0 Å². The summed E-state index contributed by atoms with van der Waals surface area (Å²) in [6.45, 7) is 8.19. The number of nitrogens with zero attached hydrogens (tertiary/aromatic N) is 1. The predicted molar refractivity (Wildman–Crippen MR) is 83.7 cm³/mol. The van der Waals surface area contributed by atoms with E-state index in [1.54, 1.807) is 0 Å². The zero-order valence-corrected chi connectivity index (χ0v) is 13.8. The standard InChI is InChI=1S/C15H30N2O2S/c1-3-8-17-9-4-5-14(12-17)13(2)16-15-6-10-20(18,19)11-7-15/h13-16H,3-12H2,1-2H3. The van der Waals surface area contributed by atoms with Crippen LogP contribution in [-0.2, 0) is 9.84 Å². The van der Waals surface area contributed by atoms with Crippen LogP contribution in [0, 0.1) is 5.92 Å². The molecule has 5 heteroatoms. The highest BCUT2D eigenvalue weighted by atomic mass is 32.2. The van der Waals surface area contributed by atoms with Crippen LogP contribution in [0.5, 0.6) is 0 Å². The van der Waals surface area contributed by atoms with Gasteiger partial charge in [-0.2, -0.15) is 0 Å². The lowest BCUT2D eigenvalue weighted by atomic mass is 9.90. The van der Waals surface area contributed by atoms with Crippen LogP contribution in [0.1, 0.15) is 46.0 Å². The number of piperidine rings is 1. The molecule has 2 atom stereocenters. The molecule has 0 aromatic heterocycles. The Kier molecular flexibility index (Phi) is 5.87. The molecule has 0 bridgehead atoms. The highest BCUT2D eigenvalue weighted by Crippen LogP contribution is 2.22. The van der Waals surface area contributed by atoms with Crippen molar-refractivity contribution in [2.75, 3.05) is 31.1 Å². The van der Waals surface area contributed by atoms with E-state index in [0.29, 0.717) is 29.5 Å². The first-order valence-electron chi connectivity index (χ1n) is 8.19. The smallest absolute Gasteiger partial charge is 0.150 e. The van der Waals surface area contributed by atoms with Crippen LogP contribution < -0.4 is 5.32 Å². The van der Waals surface area contributed by atoms with Crippen LogP contribution >= 0.6 is 0 Å². The molecule has 0 saturated carbocycles. The molecule has 118 valence electrons. The van der Waals surface area contributed by atoms with Gasteiger partial charge in [-0.3, -0.25) is 0 Å². The fraction of sp³-hybridized carbons (Fsp3) is 1.00. The summed E-state index contributed by atoms with van der Waals surface area (Å²) in [4.78, 5) is 2.58. The fourth-order valence-corrected chi connectivity index (χ4v) is 5.07. The van der Waals surface area contributed by atoms with E-state index >= 15 is 0 Å². The predicted octanol–water partition coefficient (Wildman–Crippen LogP) is 1.66. The molecular formula is C15H30N2O2S. The van der Waals surface area contributed by atoms with Gasteiger partial charge in [0.15, 0.2) is 0 Å². The largest absolute Gasteiger partial charge is 0.311 e. The Labute approximate surface area is 124 Å². The minimum Gasteiger partial charge on any atom is -0.311 e. The first-order valence-corrected chi connectivity index (χ1v) is 10.0. The molecule has 0 aromatic rings. The van der Waals surface area contributed by atoms with Gasteiger partial charge in [-0.25, -0.2) is 8.42 Å². The number of hydrogen-bond donors (Lipinski definition) is 1. The Balaban J connectivity index is 1.78. The van der Waals surface area contributed by atoms with Gasteiger partial charge in [0.25, 0.3) is 0 Å². The molecule has 2 aliphatic rings. The molecule has 2 aliphatic heterocycles. The number of hydrogen-bond acceptors (Lipinski definition) is 4. The van der Waals surface area contributed by atoms with Crippen molar-refractivity contribution >= 4 is 9.84 Å². The third kappa shape index (κ3) is 4.71. The Hall–Kier alpha value is -0.130. The van der Waals surface area contributed by atoms with Crippen molar-refractivity contribution in [3.05, 3.63) is 0 Å². The summed E-state index contributed by atoms with van der Waals surface area (Å²) in [5.74, 6) is 1.45. The van der Waals surface area contributed by atoms with Gasteiger partial charge in [-0.15, -0.1) is 0 Å². The van der Waals surface area contributed by atoms with E-state index < -0.39 is 9.84 Å². The van der Waals surface area contributed by atoms with Gasteiger partial charge in [-0.05, 0) is 58.0 Å². The Morgan fingerprint density at radius 2 is 1.95 bits per heavy atom. The number of rotatable bonds is 5. The Morgan fingerprint density at radius 3 is 2.60 bits per heavy atom. The van der Waals surface area contributed by atoms with Gasteiger partial charge in [0.1, 0.15) is 9.84 Å². The monoisotopic (exact) mass is 302 g/mol. The molecular weight excluding hydrogens is 272 g/mol. The third-order valence-corrected chi connectivity index (χ3v) is 6.56. The number of likely N-dealkylation sites (tertiary alicyclic amines) is 1. The lowest BCUT2D eigenvalue weighted by Gasteiger charge is -2.38. The van der Waals surface area contributed by atoms with E-state index in [2.05, 4.69) is 24.1 Å². The molecule has 0 amide bonds. The molecule has 20 heavy (non-hydrogen) atoms. The van der Waals surface area contributed by atoms with Crippen molar-refractivity contribution < 1.29 is 8.42 Å². The lowest BCUT2D eigenvalue weighted by Crippen LogP contribution is -2.49. The van der Waals surface area contributed by atoms with Gasteiger partial charge < -0.3 is 10.2 Å². The van der Waals surface area contributed by atoms with Crippen molar-refractivity contribution in [1.82, 2.24) is 10.2 Å². The number of nitrogens with one attached hydrogen (secondary N) is 1. The summed E-state index contributed by atoms with van der Waals surface area (Å²) >= 11 is 0. The second-order valence-corrected chi connectivity index (χ2v) is 8.89. The number of sulfone groups is 1. The highest BCUT2D eigenvalue weighted by Gasteiger charge is 2.28. The summed E-state index contributed by atoms with van der Waals surface area (Å²) in [7, 11) is -2.74. The van der Waals surface area contributed by atoms with Gasteiger partial charge in [-0.1, -0.05) is 6.92 Å². The van der Waals surface area contributed by atoms with Gasteiger partial charge >= 0.3 is 0 Å². The fourth-order valence-electron chi connectivity index (χ4n) is 3.58. The van der Waals surface area contributed by atoms with E-state index in [-0.39, 0.29) is 0 Å². The normalized spacial score (nSPS) is 30.2. The van der Waals surface area contributed by atoms with Crippen LogP contribution in [0.4, 0.5) is 0 Å². The maximum atomic E-state index is 11.5. The maximum Gasteiger partial charge on any atom is 0.150 e. The lowest BCUT2D eigenvalue weighted by molar-refractivity contribution is 0.145. The van der Waals surface area contributed by atoms with Crippen molar-refractivity contribution in [3.63, 3.8) is 0 Å². The van der Waals surface area contributed by atoms with E-state index in [1.807, 2.05) is 0 Å². The van der Waals surface area contributed by atoms with E-state index in [9.17, 15) is 8.42 Å². The van der Waals surface area contributed by atoms with Gasteiger partial charge in [0.2, 0.25) is 0 Å². The van der Waals surface area contributed by atoms with Crippen molar-refractivity contribution in [2.45, 2.75) is 58.0 Å². The van der Waals surface area contributed by atoms with Crippen molar-refractivity contribution in [3.8, 4) is 0 Å². The highest BCUT2D eigenvalue weighted by molar-refractivity contribution is 7.91. The van der Waals surface area contributed by atoms with Gasteiger partial charge in [0.05, 0.1) is 11.5 Å². The van der Waals surface area contributed by atoms with E-state index in [0.717, 1.165) is 12.8 Å². The molecule has 2 fully saturated rings. The van der Waals surface area contributed by atoms with Gasteiger partial charge in [0, 0.05) is 18.6 Å². The van der Waals surface area contributed by atoms with Crippen LogP contribution in [0.15, 0.2) is 0 Å². The molecule has 4 nitrogen and oxygen atoms in total. The van der Waals surface area contributed by atoms with Crippen molar-refractivity contribution in [1.29, 1.82) is 0 Å². The molecule has 2 rings (SSSR count). The third-order valence-electron chi connectivity index (χ3n) is 4.84. The van der Waals surface area contributed by atoms with Crippen LogP contribution in [0.3, 0.4) is 0 Å². The molecule has 0 aromatic carbocycles. The van der Waals surface area contributed by atoms with Crippen LogP contribution in [0.2, 0.25) is 0 Å². The first-order chi connectivity index (χ1) is 9.50. The molecule has 0 spiro atoms. The molecule has 1 N–H and O–H groups in total. The minimum absolute atomic E-state index is 0.365. The second kappa shape index (κ2) is 7.23. The maximum absolute atomic E-state index is 11.5. The summed E-state index contributed by atoms with van der Waals surface area (Å²) in [5.41, 5.74) is 0. The quantitative estimate of drug-likeness (QED) is 0.839. The summed E-state index contributed by atoms with van der Waals surface area (Å²) in [6, 6.07) is 0.899. The summed E-state index contributed by atoms with van der Waals surface area (Å²) in [5, 5.41) is 3.70. The Bertz CT molecular complexity index is 381. The minimum atomic E-state index is -2.74. The zero-order chi connectivity index (χ0) is 14.6. The summed E-state index contributed by atoms with van der Waals surface area (Å²) in [6.07, 6.45) is 5.42. The average Bonchev–Trinajstić information content (AvgIpc) is 2.42. The Morgan fingerprint density at radius 1 is 1.25 bits per heavy atom. The molecule has 2 unspecified atom stereocenters. The second-order valence-electron chi connectivity index (χ2n) is 6.58. The van der Waals surface area contributed by atoms with Crippen LogP contribution in [-0.4, -0.2) is 56.5 Å². The first kappa shape index (κ1) is 16.2. The molecule has 2 heterocycles. The summed E-state index contributed by atoms with van der Waals surface area (Å²) < 4.78 is 22.9. The van der Waals surface area contributed by atoms with E-state index in [1.165, 1.54) is 38.9 Å². The van der Waals surface area contributed by atoms with Crippen molar-refractivity contribution in [2.24, 2.45) is 5.92 Å². The SMILES string of the molecule is CCCN1CCCC(C(C)NC2CCS(=O)(=O)CC2)C1. The van der Waals surface area contributed by atoms with Crippen LogP contribution in [0.25, 0.3) is 0 Å². The molecule has 0 aliphatic carbocycles. The topological polar surface area (TPSA) is 49.4 Å². The molecule has 2 saturated heterocycles. The zero-order valence-electron chi connectivity index (χ0n) is 13.0.